The van der Waals surface area contributed by atoms with Crippen LogP contribution in [0, 0.1) is 5.92 Å². The summed E-state index contributed by atoms with van der Waals surface area (Å²) in [7, 11) is 2.18. The summed E-state index contributed by atoms with van der Waals surface area (Å²) >= 11 is 0. The van der Waals surface area contributed by atoms with E-state index in [4.69, 9.17) is 0 Å². The molecule has 0 bridgehead atoms. The van der Waals surface area contributed by atoms with E-state index in [-0.39, 0.29) is 0 Å². The molecule has 1 aromatic rings. The highest BCUT2D eigenvalue weighted by molar-refractivity contribution is 5.01. The van der Waals surface area contributed by atoms with Crippen LogP contribution < -0.4 is 0 Å². The Kier molecular flexibility index (Phi) is 3.54. The van der Waals surface area contributed by atoms with Gasteiger partial charge in [-0.3, -0.25) is 4.90 Å². The Morgan fingerprint density at radius 3 is 2.31 bits per heavy atom. The lowest BCUT2D eigenvalue weighted by Gasteiger charge is -2.40. The molecular formula is C13H21N3. The van der Waals surface area contributed by atoms with Crippen molar-refractivity contribution < 1.29 is 0 Å². The monoisotopic (exact) mass is 219 g/mol. The van der Waals surface area contributed by atoms with E-state index in [2.05, 4.69) is 35.8 Å². The van der Waals surface area contributed by atoms with E-state index in [1.54, 1.807) is 0 Å². The lowest BCUT2D eigenvalue weighted by Crippen LogP contribution is -2.38. The number of hydrogen-bond acceptors (Lipinski definition) is 3. The van der Waals surface area contributed by atoms with Crippen molar-refractivity contribution in [2.75, 3.05) is 7.05 Å². The van der Waals surface area contributed by atoms with Gasteiger partial charge in [0.2, 0.25) is 0 Å². The van der Waals surface area contributed by atoms with E-state index in [9.17, 15) is 0 Å². The van der Waals surface area contributed by atoms with Crippen LogP contribution in [0.25, 0.3) is 0 Å². The summed E-state index contributed by atoms with van der Waals surface area (Å²) in [4.78, 5) is 11.3. The molecule has 3 nitrogen and oxygen atoms in total. The Labute approximate surface area is 97.9 Å². The minimum absolute atomic E-state index is 0.398. The maximum atomic E-state index is 4.43. The van der Waals surface area contributed by atoms with Crippen LogP contribution in [0.4, 0.5) is 0 Å². The summed E-state index contributed by atoms with van der Waals surface area (Å²) in [5.41, 5.74) is 0. The fourth-order valence-electron chi connectivity index (χ4n) is 2.27. The van der Waals surface area contributed by atoms with Gasteiger partial charge in [-0.25, -0.2) is 9.97 Å². The number of hydrogen-bond donors (Lipinski definition) is 0. The standard InChI is InChI=1S/C13H21N3/c1-10(2)16(3)12(11-6-4-7-11)13-14-8-5-9-15-13/h5,8-12H,4,6-7H2,1-3H3. The van der Waals surface area contributed by atoms with E-state index < -0.39 is 0 Å². The Balaban J connectivity index is 2.20. The topological polar surface area (TPSA) is 29.0 Å². The molecule has 0 spiro atoms. The fourth-order valence-corrected chi connectivity index (χ4v) is 2.27. The molecule has 1 saturated carbocycles. The van der Waals surface area contributed by atoms with E-state index >= 15 is 0 Å². The smallest absolute Gasteiger partial charge is 0.145 e. The van der Waals surface area contributed by atoms with Crippen LogP contribution in [0.15, 0.2) is 18.5 Å². The number of rotatable bonds is 4. The molecule has 0 aliphatic heterocycles. The average molecular weight is 219 g/mol. The predicted octanol–water partition coefficient (Wildman–Crippen LogP) is 2.66. The van der Waals surface area contributed by atoms with Crippen molar-refractivity contribution in [1.29, 1.82) is 0 Å². The van der Waals surface area contributed by atoms with Crippen LogP contribution >= 0.6 is 0 Å². The van der Waals surface area contributed by atoms with Gasteiger partial charge in [0.1, 0.15) is 5.82 Å². The molecule has 1 unspecified atom stereocenters. The molecule has 1 heterocycles. The van der Waals surface area contributed by atoms with Gasteiger partial charge in [0.25, 0.3) is 0 Å². The minimum atomic E-state index is 0.398. The third-order valence-electron chi connectivity index (χ3n) is 3.70. The van der Waals surface area contributed by atoms with Gasteiger partial charge in [-0.15, -0.1) is 0 Å². The zero-order chi connectivity index (χ0) is 11.5. The van der Waals surface area contributed by atoms with Crippen LogP contribution in [0.3, 0.4) is 0 Å². The second-order valence-electron chi connectivity index (χ2n) is 5.00. The lowest BCUT2D eigenvalue weighted by molar-refractivity contribution is 0.0875. The van der Waals surface area contributed by atoms with Crippen molar-refractivity contribution in [2.45, 2.75) is 45.2 Å². The molecule has 1 atom stereocenters. The van der Waals surface area contributed by atoms with Crippen molar-refractivity contribution in [3.05, 3.63) is 24.3 Å². The number of nitrogens with zero attached hydrogens (tertiary/aromatic N) is 3. The molecule has 16 heavy (non-hydrogen) atoms. The van der Waals surface area contributed by atoms with E-state index in [1.807, 2.05) is 18.5 Å². The maximum Gasteiger partial charge on any atom is 0.145 e. The van der Waals surface area contributed by atoms with Crippen LogP contribution in [-0.2, 0) is 0 Å². The molecule has 1 aliphatic carbocycles. The van der Waals surface area contributed by atoms with Crippen molar-refractivity contribution in [3.8, 4) is 0 Å². The van der Waals surface area contributed by atoms with Crippen molar-refractivity contribution >= 4 is 0 Å². The molecule has 0 radical (unpaired) electrons. The SMILES string of the molecule is CC(C)N(C)C(c1ncccn1)C1CCC1. The lowest BCUT2D eigenvalue weighted by atomic mass is 9.78. The highest BCUT2D eigenvalue weighted by atomic mass is 15.2. The fraction of sp³-hybridized carbons (Fsp3) is 0.692. The molecule has 0 aromatic carbocycles. The first-order valence-corrected chi connectivity index (χ1v) is 6.19. The molecule has 1 aliphatic rings. The van der Waals surface area contributed by atoms with Crippen LogP contribution in [0.1, 0.15) is 45.0 Å². The summed E-state index contributed by atoms with van der Waals surface area (Å²) in [6.45, 7) is 4.46. The third kappa shape index (κ3) is 2.24. The van der Waals surface area contributed by atoms with E-state index in [0.29, 0.717) is 12.1 Å². The molecule has 2 rings (SSSR count). The van der Waals surface area contributed by atoms with E-state index in [0.717, 1.165) is 11.7 Å². The Bertz CT molecular complexity index is 319. The first kappa shape index (κ1) is 11.5. The Hall–Kier alpha value is -0.960. The summed E-state index contributed by atoms with van der Waals surface area (Å²) in [5.74, 6) is 1.73. The maximum absolute atomic E-state index is 4.43. The molecule has 88 valence electrons. The van der Waals surface area contributed by atoms with Crippen LogP contribution in [0.2, 0.25) is 0 Å². The summed E-state index contributed by atoms with van der Waals surface area (Å²) in [5, 5.41) is 0. The Morgan fingerprint density at radius 1 is 1.25 bits per heavy atom. The summed E-state index contributed by atoms with van der Waals surface area (Å²) in [6, 6.07) is 2.82. The van der Waals surface area contributed by atoms with Gasteiger partial charge in [0, 0.05) is 18.4 Å². The van der Waals surface area contributed by atoms with Gasteiger partial charge in [0.05, 0.1) is 6.04 Å². The average Bonchev–Trinajstić information content (AvgIpc) is 2.23. The van der Waals surface area contributed by atoms with Crippen LogP contribution in [-0.4, -0.2) is 28.0 Å². The first-order valence-electron chi connectivity index (χ1n) is 6.19. The van der Waals surface area contributed by atoms with Gasteiger partial charge in [-0.1, -0.05) is 6.42 Å². The minimum Gasteiger partial charge on any atom is -0.294 e. The van der Waals surface area contributed by atoms with E-state index in [1.165, 1.54) is 19.3 Å². The third-order valence-corrected chi connectivity index (χ3v) is 3.70. The van der Waals surface area contributed by atoms with Gasteiger partial charge >= 0.3 is 0 Å². The van der Waals surface area contributed by atoms with Gasteiger partial charge in [0.15, 0.2) is 0 Å². The second-order valence-corrected chi connectivity index (χ2v) is 5.00. The quantitative estimate of drug-likeness (QED) is 0.779. The highest BCUT2D eigenvalue weighted by Crippen LogP contribution is 2.40. The van der Waals surface area contributed by atoms with Crippen LogP contribution in [0.5, 0.6) is 0 Å². The van der Waals surface area contributed by atoms with Gasteiger partial charge in [-0.2, -0.15) is 0 Å². The largest absolute Gasteiger partial charge is 0.294 e. The molecule has 0 amide bonds. The molecular weight excluding hydrogens is 198 g/mol. The molecule has 1 fully saturated rings. The zero-order valence-electron chi connectivity index (χ0n) is 10.4. The molecule has 1 aromatic heterocycles. The molecule has 0 N–H and O–H groups in total. The van der Waals surface area contributed by atoms with Crippen molar-refractivity contribution in [3.63, 3.8) is 0 Å². The Morgan fingerprint density at radius 2 is 1.88 bits per heavy atom. The molecule has 0 saturated heterocycles. The number of aromatic nitrogens is 2. The van der Waals surface area contributed by atoms with Gasteiger partial charge in [-0.05, 0) is 45.7 Å². The normalized spacial score (nSPS) is 18.8. The highest BCUT2D eigenvalue weighted by Gasteiger charge is 2.33. The summed E-state index contributed by atoms with van der Waals surface area (Å²) < 4.78 is 0. The van der Waals surface area contributed by atoms with Gasteiger partial charge < -0.3 is 0 Å². The molecule has 3 heteroatoms. The predicted molar refractivity (Wildman–Crippen MR) is 65.0 cm³/mol. The second kappa shape index (κ2) is 4.91. The first-order chi connectivity index (χ1) is 7.70. The summed E-state index contributed by atoms with van der Waals surface area (Å²) in [6.07, 6.45) is 7.70. The van der Waals surface area contributed by atoms with Crippen molar-refractivity contribution in [1.82, 2.24) is 14.9 Å². The van der Waals surface area contributed by atoms with Crippen molar-refractivity contribution in [2.24, 2.45) is 5.92 Å². The zero-order valence-corrected chi connectivity index (χ0v) is 10.4.